The van der Waals surface area contributed by atoms with Crippen molar-refractivity contribution >= 4 is 40.4 Å². The van der Waals surface area contributed by atoms with Crippen molar-refractivity contribution in [2.24, 2.45) is 15.3 Å². The molecule has 0 saturated carbocycles. The fraction of sp³-hybridized carbons (Fsp3) is 0.185. The third-order valence-corrected chi connectivity index (χ3v) is 5.83. The maximum absolute atomic E-state index is 12.7. The Kier molecular flexibility index (Phi) is 10.2. The summed E-state index contributed by atoms with van der Waals surface area (Å²) in [5.74, 6) is -1.02. The van der Waals surface area contributed by atoms with E-state index in [-0.39, 0.29) is 40.7 Å². The third-order valence-electron chi connectivity index (χ3n) is 5.59. The van der Waals surface area contributed by atoms with Crippen LogP contribution in [0.3, 0.4) is 0 Å². The summed E-state index contributed by atoms with van der Waals surface area (Å²) < 4.78 is 0. The first-order chi connectivity index (χ1) is 19.2. The summed E-state index contributed by atoms with van der Waals surface area (Å²) >= 11 is 5.95. The Morgan fingerprint density at radius 2 is 1.73 bits per heavy atom. The van der Waals surface area contributed by atoms with Crippen molar-refractivity contribution in [2.75, 3.05) is 18.0 Å². The zero-order chi connectivity index (χ0) is 29.1. The Labute approximate surface area is 234 Å². The van der Waals surface area contributed by atoms with Crippen LogP contribution in [-0.2, 0) is 0 Å². The van der Waals surface area contributed by atoms with Crippen molar-refractivity contribution in [3.05, 3.63) is 92.5 Å². The lowest BCUT2D eigenvalue weighted by atomic mass is 10.1. The Morgan fingerprint density at radius 3 is 2.33 bits per heavy atom. The molecule has 13 heteroatoms. The average molecular weight is 559 g/mol. The number of rotatable bonds is 10. The summed E-state index contributed by atoms with van der Waals surface area (Å²) in [5.41, 5.74) is 4.45. The molecule has 0 aliphatic carbocycles. The summed E-state index contributed by atoms with van der Waals surface area (Å²) in [7, 11) is 0. The zero-order valence-electron chi connectivity index (χ0n) is 21.3. The second-order valence-electron chi connectivity index (χ2n) is 8.31. The van der Waals surface area contributed by atoms with E-state index in [1.165, 1.54) is 42.5 Å². The van der Waals surface area contributed by atoms with E-state index in [9.17, 15) is 20.0 Å². The molecule has 0 aliphatic rings. The van der Waals surface area contributed by atoms with Crippen molar-refractivity contribution in [1.29, 1.82) is 10.5 Å². The van der Waals surface area contributed by atoms with Crippen molar-refractivity contribution in [1.82, 2.24) is 5.43 Å². The molecule has 3 aromatic rings. The highest BCUT2D eigenvalue weighted by Gasteiger charge is 2.15. The topological polar surface area (TPSA) is 180 Å². The largest absolute Gasteiger partial charge is 0.507 e. The maximum atomic E-state index is 12.7. The molecule has 0 atom stereocenters. The van der Waals surface area contributed by atoms with Crippen LogP contribution in [-0.4, -0.2) is 34.9 Å². The minimum Gasteiger partial charge on any atom is -0.507 e. The number of halogens is 1. The normalized spacial score (nSPS) is 11.1. The van der Waals surface area contributed by atoms with Gasteiger partial charge in [-0.1, -0.05) is 11.6 Å². The van der Waals surface area contributed by atoms with Crippen LogP contribution in [0.5, 0.6) is 5.75 Å². The number of amidine groups is 1. The molecule has 2 N–H and O–H groups in total. The number of hydrazone groups is 1. The van der Waals surface area contributed by atoms with Crippen molar-refractivity contribution in [2.45, 2.75) is 19.8 Å². The minimum atomic E-state index is -0.739. The summed E-state index contributed by atoms with van der Waals surface area (Å²) in [4.78, 5) is 25.0. The molecule has 0 radical (unpaired) electrons. The van der Waals surface area contributed by atoms with E-state index in [1.807, 2.05) is 11.0 Å². The number of aromatic hydroxyl groups is 1. The van der Waals surface area contributed by atoms with E-state index in [1.54, 1.807) is 19.1 Å². The van der Waals surface area contributed by atoms with Crippen LogP contribution in [0.2, 0.25) is 5.02 Å². The van der Waals surface area contributed by atoms with Crippen LogP contribution in [0, 0.1) is 39.7 Å². The second-order valence-corrected chi connectivity index (χ2v) is 8.75. The van der Waals surface area contributed by atoms with Crippen molar-refractivity contribution in [3.8, 4) is 17.9 Å². The van der Waals surface area contributed by atoms with E-state index in [0.29, 0.717) is 29.9 Å². The summed E-state index contributed by atoms with van der Waals surface area (Å²) in [6, 6.07) is 18.9. The lowest BCUT2D eigenvalue weighted by Gasteiger charge is -2.23. The fourth-order valence-corrected chi connectivity index (χ4v) is 3.74. The highest BCUT2D eigenvalue weighted by Crippen LogP contribution is 2.24. The number of nitrogens with one attached hydrogen (secondary N) is 1. The van der Waals surface area contributed by atoms with Crippen LogP contribution in [0.1, 0.15) is 34.3 Å². The third kappa shape index (κ3) is 7.84. The van der Waals surface area contributed by atoms with Gasteiger partial charge in [-0.3, -0.25) is 14.9 Å². The van der Waals surface area contributed by atoms with E-state index < -0.39 is 10.8 Å². The molecule has 12 nitrogen and oxygen atoms in total. The first kappa shape index (κ1) is 29.2. The van der Waals surface area contributed by atoms with Gasteiger partial charge in [0.2, 0.25) is 5.84 Å². The van der Waals surface area contributed by atoms with E-state index >= 15 is 0 Å². The van der Waals surface area contributed by atoms with Gasteiger partial charge in [-0.05, 0) is 61.0 Å². The lowest BCUT2D eigenvalue weighted by Crippen LogP contribution is -2.25. The van der Waals surface area contributed by atoms with Crippen LogP contribution in [0.25, 0.3) is 0 Å². The number of non-ortho nitro benzene ring substituents is 1. The molecule has 0 saturated heterocycles. The van der Waals surface area contributed by atoms with E-state index in [4.69, 9.17) is 22.1 Å². The number of benzene rings is 3. The van der Waals surface area contributed by atoms with Gasteiger partial charge in [0, 0.05) is 41.5 Å². The molecule has 0 spiro atoms. The molecule has 0 bridgehead atoms. The molecule has 0 unspecified atom stereocenters. The standard InChI is InChI=1S/C27H23ClN8O4/c1-18-16-22(35(14-2-12-29)15-3-13-30)9-10-23(18)26(32-31-20-5-7-21(8-6-20)36(39)40)33-34-27(38)24-17-19(28)4-11-25(24)37/h4-11,16-17,37H,2-3,14-15H2,1H3,(H,34,38)/b32-31?,33-26-. The van der Waals surface area contributed by atoms with Gasteiger partial charge in [0.15, 0.2) is 0 Å². The predicted molar refractivity (Wildman–Crippen MR) is 149 cm³/mol. The van der Waals surface area contributed by atoms with E-state index in [2.05, 4.69) is 32.9 Å². The van der Waals surface area contributed by atoms with Gasteiger partial charge in [0.05, 0.1) is 41.2 Å². The molecule has 3 aromatic carbocycles. The Hall–Kier alpha value is -5.33. The Balaban J connectivity index is 1.98. The number of hydrogen-bond donors (Lipinski definition) is 2. The van der Waals surface area contributed by atoms with Gasteiger partial charge in [0.25, 0.3) is 11.6 Å². The molecular formula is C27H23ClN8O4. The van der Waals surface area contributed by atoms with Gasteiger partial charge in [0.1, 0.15) is 5.75 Å². The zero-order valence-corrected chi connectivity index (χ0v) is 22.0. The van der Waals surface area contributed by atoms with Crippen LogP contribution < -0.4 is 10.3 Å². The molecule has 0 aliphatic heterocycles. The number of aryl methyl sites for hydroxylation is 1. The van der Waals surface area contributed by atoms with Crippen LogP contribution >= 0.6 is 11.6 Å². The number of nitriles is 2. The fourth-order valence-electron chi connectivity index (χ4n) is 3.57. The lowest BCUT2D eigenvalue weighted by molar-refractivity contribution is -0.384. The van der Waals surface area contributed by atoms with Gasteiger partial charge >= 0.3 is 0 Å². The number of azo groups is 1. The number of carbonyl (C=O) groups is 1. The van der Waals surface area contributed by atoms with Gasteiger partial charge in [-0.15, -0.1) is 15.3 Å². The second kappa shape index (κ2) is 14.0. The molecule has 40 heavy (non-hydrogen) atoms. The summed E-state index contributed by atoms with van der Waals surface area (Å²) in [6.45, 7) is 2.68. The number of nitro benzene ring substituents is 1. The number of phenols is 1. The van der Waals surface area contributed by atoms with Gasteiger partial charge < -0.3 is 10.0 Å². The van der Waals surface area contributed by atoms with Crippen molar-refractivity contribution < 1.29 is 14.8 Å². The number of anilines is 1. The number of hydrogen-bond acceptors (Lipinski definition) is 9. The molecule has 0 aromatic heterocycles. The SMILES string of the molecule is Cc1cc(N(CCC#N)CCC#N)ccc1/C(N=Nc1ccc([N+](=O)[O-])cc1)=N/NC(=O)c1cc(Cl)ccc1O. The number of amides is 1. The smallest absolute Gasteiger partial charge is 0.275 e. The Morgan fingerprint density at radius 1 is 1.05 bits per heavy atom. The Bertz CT molecular complexity index is 1520. The van der Waals surface area contributed by atoms with Gasteiger partial charge in [-0.2, -0.15) is 10.5 Å². The molecular weight excluding hydrogens is 536 g/mol. The number of nitrogens with zero attached hydrogens (tertiary/aromatic N) is 7. The van der Waals surface area contributed by atoms with Crippen LogP contribution in [0.4, 0.5) is 17.1 Å². The first-order valence-corrected chi connectivity index (χ1v) is 12.2. The molecule has 3 rings (SSSR count). The van der Waals surface area contributed by atoms with Gasteiger partial charge in [-0.25, -0.2) is 5.43 Å². The number of carbonyl (C=O) groups excluding carboxylic acids is 1. The average Bonchev–Trinajstić information content (AvgIpc) is 2.95. The molecule has 202 valence electrons. The first-order valence-electron chi connectivity index (χ1n) is 11.9. The highest BCUT2D eigenvalue weighted by atomic mass is 35.5. The monoisotopic (exact) mass is 558 g/mol. The predicted octanol–water partition coefficient (Wildman–Crippen LogP) is 5.77. The summed E-state index contributed by atoms with van der Waals surface area (Å²) in [6.07, 6.45) is 0.565. The molecule has 0 heterocycles. The number of phenolic OH excluding ortho intramolecular Hbond substituents is 1. The molecule has 0 fully saturated rings. The minimum absolute atomic E-state index is 0.0119. The molecule has 1 amide bonds. The number of nitro groups is 1. The van der Waals surface area contributed by atoms with Crippen molar-refractivity contribution in [3.63, 3.8) is 0 Å². The maximum Gasteiger partial charge on any atom is 0.275 e. The van der Waals surface area contributed by atoms with E-state index in [0.717, 1.165) is 5.69 Å². The summed E-state index contributed by atoms with van der Waals surface area (Å²) in [5, 5.41) is 51.7. The quantitative estimate of drug-likeness (QED) is 0.104. The van der Waals surface area contributed by atoms with Crippen LogP contribution in [0.15, 0.2) is 76.0 Å². The highest BCUT2D eigenvalue weighted by molar-refractivity contribution is 6.31.